The molecule has 0 aliphatic rings. The normalized spacial score (nSPS) is 9.81. The number of hydrogen-bond acceptors (Lipinski definition) is 3. The molecule has 84 valence electrons. The lowest BCUT2D eigenvalue weighted by Crippen LogP contribution is -2.03. The zero-order valence-electron chi connectivity index (χ0n) is 8.73. The molecule has 3 N–H and O–H groups in total. The highest BCUT2D eigenvalue weighted by Crippen LogP contribution is 2.22. The molecule has 1 aromatic heterocycles. The lowest BCUT2D eigenvalue weighted by Gasteiger charge is -2.04. The molecule has 16 heavy (non-hydrogen) atoms. The lowest BCUT2D eigenvalue weighted by atomic mass is 10.1. The third kappa shape index (κ3) is 2.65. The molecule has 2 aromatic rings. The minimum atomic E-state index is 0. The quantitative estimate of drug-likeness (QED) is 0.467. The number of rotatable bonds is 1. The number of amidine groups is 1. The second-order valence-corrected chi connectivity index (χ2v) is 4.32. The van der Waals surface area contributed by atoms with Gasteiger partial charge < -0.3 is 5.73 Å². The second kappa shape index (κ2) is 5.18. The van der Waals surface area contributed by atoms with Gasteiger partial charge in [-0.25, -0.2) is 4.98 Å². The van der Waals surface area contributed by atoms with Crippen molar-refractivity contribution in [1.82, 2.24) is 4.98 Å². The van der Waals surface area contributed by atoms with Crippen molar-refractivity contribution in [2.45, 2.75) is 11.9 Å². The van der Waals surface area contributed by atoms with Crippen LogP contribution in [0.1, 0.15) is 5.56 Å². The van der Waals surface area contributed by atoms with Crippen LogP contribution >= 0.6 is 24.2 Å². The van der Waals surface area contributed by atoms with Gasteiger partial charge in [0.25, 0.3) is 0 Å². The molecular weight excluding hydrogens is 242 g/mol. The number of aromatic nitrogens is 1. The summed E-state index contributed by atoms with van der Waals surface area (Å²) in [5.41, 5.74) is 7.43. The molecule has 0 spiro atoms. The fourth-order valence-corrected chi connectivity index (χ4v) is 2.09. The first-order valence-electron chi connectivity index (χ1n) is 4.55. The molecule has 0 saturated heterocycles. The standard InChI is InChI=1S/C11H11N3S.ClH/c1-7-6-10(15-11(12)13)14-9-5-3-2-4-8(7)9;/h2-6H,1H3,(H3,12,13);1H. The van der Waals surface area contributed by atoms with Crippen molar-refractivity contribution in [1.29, 1.82) is 5.41 Å². The topological polar surface area (TPSA) is 62.8 Å². The van der Waals surface area contributed by atoms with E-state index in [1.54, 1.807) is 0 Å². The summed E-state index contributed by atoms with van der Waals surface area (Å²) in [4.78, 5) is 4.42. The zero-order chi connectivity index (χ0) is 10.8. The van der Waals surface area contributed by atoms with E-state index < -0.39 is 0 Å². The zero-order valence-corrected chi connectivity index (χ0v) is 10.4. The highest BCUT2D eigenvalue weighted by molar-refractivity contribution is 8.13. The maximum absolute atomic E-state index is 7.21. The third-order valence-corrected chi connectivity index (χ3v) is 2.75. The van der Waals surface area contributed by atoms with Crippen LogP contribution < -0.4 is 5.73 Å². The lowest BCUT2D eigenvalue weighted by molar-refractivity contribution is 1.17. The van der Waals surface area contributed by atoms with Gasteiger partial charge >= 0.3 is 0 Å². The number of nitrogens with one attached hydrogen (secondary N) is 1. The second-order valence-electron chi connectivity index (χ2n) is 3.26. The fraction of sp³-hybridized carbons (Fsp3) is 0.0909. The van der Waals surface area contributed by atoms with Gasteiger partial charge in [0.2, 0.25) is 0 Å². The number of nitrogens with two attached hydrogens (primary N) is 1. The van der Waals surface area contributed by atoms with E-state index in [1.807, 2.05) is 37.3 Å². The first kappa shape index (κ1) is 12.8. The Morgan fingerprint density at radius 3 is 2.75 bits per heavy atom. The molecule has 1 heterocycles. The van der Waals surface area contributed by atoms with Gasteiger partial charge in [-0.1, -0.05) is 18.2 Å². The van der Waals surface area contributed by atoms with Gasteiger partial charge in [0.05, 0.1) is 5.52 Å². The number of fused-ring (bicyclic) bond motifs is 1. The number of nitrogens with zero attached hydrogens (tertiary/aromatic N) is 1. The van der Waals surface area contributed by atoms with Gasteiger partial charge in [-0.3, -0.25) is 5.41 Å². The number of para-hydroxylation sites is 1. The summed E-state index contributed by atoms with van der Waals surface area (Å²) >= 11 is 1.18. The van der Waals surface area contributed by atoms with Crippen molar-refractivity contribution in [2.75, 3.05) is 0 Å². The fourth-order valence-electron chi connectivity index (χ4n) is 1.48. The Balaban J connectivity index is 0.00000128. The van der Waals surface area contributed by atoms with E-state index in [0.29, 0.717) is 0 Å². The molecule has 0 fully saturated rings. The van der Waals surface area contributed by atoms with E-state index in [1.165, 1.54) is 11.8 Å². The largest absolute Gasteiger partial charge is 0.378 e. The van der Waals surface area contributed by atoms with E-state index in [4.69, 9.17) is 11.1 Å². The van der Waals surface area contributed by atoms with Gasteiger partial charge in [0.15, 0.2) is 5.17 Å². The Morgan fingerprint density at radius 1 is 1.38 bits per heavy atom. The predicted octanol–water partition coefficient (Wildman–Crippen LogP) is 2.95. The van der Waals surface area contributed by atoms with Gasteiger partial charge in [-0.2, -0.15) is 0 Å². The molecule has 1 aromatic carbocycles. The monoisotopic (exact) mass is 253 g/mol. The number of benzene rings is 1. The summed E-state index contributed by atoms with van der Waals surface area (Å²) in [7, 11) is 0. The summed E-state index contributed by atoms with van der Waals surface area (Å²) in [6.45, 7) is 2.04. The van der Waals surface area contributed by atoms with E-state index >= 15 is 0 Å². The van der Waals surface area contributed by atoms with Crippen LogP contribution in [0.5, 0.6) is 0 Å². The van der Waals surface area contributed by atoms with Crippen molar-refractivity contribution in [3.8, 4) is 0 Å². The van der Waals surface area contributed by atoms with Crippen molar-refractivity contribution in [3.05, 3.63) is 35.9 Å². The highest BCUT2D eigenvalue weighted by Gasteiger charge is 2.03. The van der Waals surface area contributed by atoms with Crippen LogP contribution in [0.4, 0.5) is 0 Å². The maximum atomic E-state index is 7.21. The first-order chi connectivity index (χ1) is 7.16. The molecule has 0 amide bonds. The summed E-state index contributed by atoms with van der Waals surface area (Å²) in [6, 6.07) is 9.91. The average Bonchev–Trinajstić information content (AvgIpc) is 2.16. The summed E-state index contributed by atoms with van der Waals surface area (Å²) in [5.74, 6) is 0. The van der Waals surface area contributed by atoms with Crippen LogP contribution in [0.15, 0.2) is 35.4 Å². The number of hydrogen-bond donors (Lipinski definition) is 2. The van der Waals surface area contributed by atoms with E-state index in [9.17, 15) is 0 Å². The smallest absolute Gasteiger partial charge is 0.157 e. The maximum Gasteiger partial charge on any atom is 0.157 e. The number of halogens is 1. The van der Waals surface area contributed by atoms with E-state index in [0.717, 1.165) is 21.5 Å². The Kier molecular flexibility index (Phi) is 4.15. The summed E-state index contributed by atoms with van der Waals surface area (Å²) in [5, 5.41) is 9.20. The molecule has 0 aliphatic heterocycles. The van der Waals surface area contributed by atoms with Crippen LogP contribution in [-0.4, -0.2) is 10.2 Å². The molecule has 0 radical (unpaired) electrons. The first-order valence-corrected chi connectivity index (χ1v) is 5.37. The summed E-state index contributed by atoms with van der Waals surface area (Å²) in [6.07, 6.45) is 0. The Morgan fingerprint density at radius 2 is 2.06 bits per heavy atom. The molecule has 2 rings (SSSR count). The molecule has 5 heteroatoms. The van der Waals surface area contributed by atoms with Crippen molar-refractivity contribution >= 4 is 40.2 Å². The van der Waals surface area contributed by atoms with Crippen molar-refractivity contribution < 1.29 is 0 Å². The van der Waals surface area contributed by atoms with Crippen LogP contribution in [0.2, 0.25) is 0 Å². The van der Waals surface area contributed by atoms with E-state index in [2.05, 4.69) is 4.98 Å². The molecule has 0 aliphatic carbocycles. The van der Waals surface area contributed by atoms with Crippen LogP contribution in [0.3, 0.4) is 0 Å². The van der Waals surface area contributed by atoms with Crippen molar-refractivity contribution in [3.63, 3.8) is 0 Å². The Labute approximate surface area is 104 Å². The van der Waals surface area contributed by atoms with Gasteiger partial charge in [-0.15, -0.1) is 12.4 Å². The SMILES string of the molecule is Cc1cc(SC(=N)N)nc2ccccc12.Cl. The minimum Gasteiger partial charge on any atom is -0.378 e. The van der Waals surface area contributed by atoms with Crippen molar-refractivity contribution in [2.24, 2.45) is 5.73 Å². The molecule has 3 nitrogen and oxygen atoms in total. The van der Waals surface area contributed by atoms with Crippen LogP contribution in [-0.2, 0) is 0 Å². The molecule has 0 saturated carbocycles. The predicted molar refractivity (Wildman–Crippen MR) is 71.5 cm³/mol. The van der Waals surface area contributed by atoms with Gasteiger partial charge in [0, 0.05) is 5.39 Å². The summed E-state index contributed by atoms with van der Waals surface area (Å²) < 4.78 is 0. The third-order valence-electron chi connectivity index (χ3n) is 2.11. The van der Waals surface area contributed by atoms with Crippen LogP contribution in [0, 0.1) is 12.3 Å². The molecular formula is C11H12ClN3S. The minimum absolute atomic E-state index is 0. The number of thioether (sulfide) groups is 1. The van der Waals surface area contributed by atoms with Crippen LogP contribution in [0.25, 0.3) is 10.9 Å². The van der Waals surface area contributed by atoms with Gasteiger partial charge in [0.1, 0.15) is 5.03 Å². The number of pyridine rings is 1. The highest BCUT2D eigenvalue weighted by atomic mass is 35.5. The van der Waals surface area contributed by atoms with E-state index in [-0.39, 0.29) is 17.6 Å². The number of aryl methyl sites for hydroxylation is 1. The average molecular weight is 254 g/mol. The Bertz CT molecular complexity index is 528. The molecule has 0 atom stereocenters. The molecule has 0 unspecified atom stereocenters. The Hall–Kier alpha value is -1.26. The van der Waals surface area contributed by atoms with Gasteiger partial charge in [-0.05, 0) is 36.4 Å². The molecule has 0 bridgehead atoms.